The molecule has 0 saturated carbocycles. The number of hydrogen-bond donors (Lipinski definition) is 1. The van der Waals surface area contributed by atoms with Crippen molar-refractivity contribution in [2.45, 2.75) is 0 Å². The van der Waals surface area contributed by atoms with Gasteiger partial charge in [-0.2, -0.15) is 0 Å². The zero-order valence-electron chi connectivity index (χ0n) is 11.9. The van der Waals surface area contributed by atoms with E-state index in [1.54, 1.807) is 30.2 Å². The van der Waals surface area contributed by atoms with Crippen LogP contribution in [0.1, 0.15) is 0 Å². The van der Waals surface area contributed by atoms with E-state index in [1.807, 2.05) is 0 Å². The minimum Gasteiger partial charge on any atom is -0.383 e. The number of carbonyl (C=O) groups excluding carboxylic acids is 1. The number of hydrogen-bond acceptors (Lipinski definition) is 3. The van der Waals surface area contributed by atoms with E-state index < -0.39 is 0 Å². The minimum absolute atomic E-state index is 0.148. The molecule has 1 N–H and O–H groups in total. The lowest BCUT2D eigenvalue weighted by molar-refractivity contribution is 0.109. The molecular weight excluding hydrogens is 313 g/mol. The maximum absolute atomic E-state index is 12.2. The third-order valence-electron chi connectivity index (χ3n) is 3.46. The van der Waals surface area contributed by atoms with Crippen molar-refractivity contribution >= 4 is 34.9 Å². The molecule has 21 heavy (non-hydrogen) atoms. The number of nitrogens with zero attached hydrogens (tertiary/aromatic N) is 2. The van der Waals surface area contributed by atoms with Crippen LogP contribution in [0.25, 0.3) is 0 Å². The second-order valence-corrected chi connectivity index (χ2v) is 5.64. The number of halogens is 2. The highest BCUT2D eigenvalue weighted by Crippen LogP contribution is 2.29. The second-order valence-electron chi connectivity index (χ2n) is 4.85. The number of methoxy groups -OCH3 is 1. The van der Waals surface area contributed by atoms with E-state index in [0.717, 1.165) is 19.6 Å². The van der Waals surface area contributed by atoms with Crippen LogP contribution >= 0.6 is 23.2 Å². The summed E-state index contributed by atoms with van der Waals surface area (Å²) in [4.78, 5) is 16.3. The molecule has 0 aliphatic carbocycles. The third-order valence-corrected chi connectivity index (χ3v) is 4.28. The van der Waals surface area contributed by atoms with E-state index >= 15 is 0 Å². The van der Waals surface area contributed by atoms with Crippen LogP contribution in [0.5, 0.6) is 0 Å². The van der Waals surface area contributed by atoms with Crippen LogP contribution in [0.15, 0.2) is 18.2 Å². The molecule has 2 amide bonds. The van der Waals surface area contributed by atoms with Crippen LogP contribution in [0.4, 0.5) is 10.5 Å². The number of benzene rings is 1. The van der Waals surface area contributed by atoms with Gasteiger partial charge in [0.25, 0.3) is 0 Å². The molecule has 1 aromatic carbocycles. The van der Waals surface area contributed by atoms with Gasteiger partial charge >= 0.3 is 6.03 Å². The summed E-state index contributed by atoms with van der Waals surface area (Å²) in [5.41, 5.74) is 0.538. The number of nitrogens with one attached hydrogen (secondary N) is 1. The standard InChI is InChI=1S/C14H19Cl2N3O2/c1-21-10-9-18-5-7-19(8-6-18)14(20)17-12-4-2-3-11(15)13(12)16/h2-4H,5-10H2,1H3,(H,17,20). The summed E-state index contributed by atoms with van der Waals surface area (Å²) in [6, 6.07) is 5.03. The number of rotatable bonds is 4. The Morgan fingerprint density at radius 3 is 2.67 bits per heavy atom. The summed E-state index contributed by atoms with van der Waals surface area (Å²) in [5, 5.41) is 3.60. The predicted molar refractivity (Wildman–Crippen MR) is 85.4 cm³/mol. The molecule has 0 unspecified atom stereocenters. The predicted octanol–water partition coefficient (Wildman–Crippen LogP) is 2.79. The molecule has 5 nitrogen and oxygen atoms in total. The summed E-state index contributed by atoms with van der Waals surface area (Å²) in [6.07, 6.45) is 0. The monoisotopic (exact) mass is 331 g/mol. The second kappa shape index (κ2) is 7.84. The van der Waals surface area contributed by atoms with Crippen molar-refractivity contribution in [3.8, 4) is 0 Å². The number of ether oxygens (including phenoxy) is 1. The number of carbonyl (C=O) groups is 1. The van der Waals surface area contributed by atoms with Gasteiger partial charge in [-0.05, 0) is 12.1 Å². The van der Waals surface area contributed by atoms with Gasteiger partial charge in [0, 0.05) is 39.8 Å². The average Bonchev–Trinajstić information content (AvgIpc) is 2.50. The summed E-state index contributed by atoms with van der Waals surface area (Å²) in [7, 11) is 1.69. The normalized spacial score (nSPS) is 16.0. The van der Waals surface area contributed by atoms with E-state index in [9.17, 15) is 4.79 Å². The molecule has 1 saturated heterocycles. The largest absolute Gasteiger partial charge is 0.383 e. The minimum atomic E-state index is -0.148. The number of anilines is 1. The van der Waals surface area contributed by atoms with Crippen LogP contribution < -0.4 is 5.32 Å². The lowest BCUT2D eigenvalue weighted by atomic mass is 10.3. The number of urea groups is 1. The van der Waals surface area contributed by atoms with Gasteiger partial charge in [0.05, 0.1) is 22.3 Å². The molecule has 1 fully saturated rings. The molecule has 116 valence electrons. The highest BCUT2D eigenvalue weighted by Gasteiger charge is 2.21. The van der Waals surface area contributed by atoms with Gasteiger partial charge in [-0.3, -0.25) is 4.90 Å². The van der Waals surface area contributed by atoms with Crippen molar-refractivity contribution in [3.05, 3.63) is 28.2 Å². The fraction of sp³-hybridized carbons (Fsp3) is 0.500. The zero-order valence-corrected chi connectivity index (χ0v) is 13.5. The van der Waals surface area contributed by atoms with E-state index in [-0.39, 0.29) is 6.03 Å². The Morgan fingerprint density at radius 1 is 1.29 bits per heavy atom. The molecule has 0 spiro atoms. The van der Waals surface area contributed by atoms with E-state index in [0.29, 0.717) is 35.4 Å². The van der Waals surface area contributed by atoms with Crippen molar-refractivity contribution in [1.29, 1.82) is 0 Å². The molecule has 7 heteroatoms. The van der Waals surface area contributed by atoms with Crippen LogP contribution in [-0.2, 0) is 4.74 Å². The lowest BCUT2D eigenvalue weighted by Crippen LogP contribution is -2.50. The maximum atomic E-state index is 12.2. The molecule has 1 aliphatic rings. The van der Waals surface area contributed by atoms with Gasteiger partial charge in [0.1, 0.15) is 0 Å². The van der Waals surface area contributed by atoms with Crippen LogP contribution in [0.3, 0.4) is 0 Å². The fourth-order valence-corrected chi connectivity index (χ4v) is 2.54. The van der Waals surface area contributed by atoms with Crippen molar-refractivity contribution in [3.63, 3.8) is 0 Å². The smallest absolute Gasteiger partial charge is 0.321 e. The molecule has 0 radical (unpaired) electrons. The van der Waals surface area contributed by atoms with Crippen molar-refractivity contribution in [2.75, 3.05) is 51.8 Å². The Balaban J connectivity index is 1.86. The lowest BCUT2D eigenvalue weighted by Gasteiger charge is -2.34. The topological polar surface area (TPSA) is 44.8 Å². The molecule has 2 rings (SSSR count). The van der Waals surface area contributed by atoms with E-state index in [1.165, 1.54) is 0 Å². The Labute approximate surface area is 134 Å². The summed E-state index contributed by atoms with van der Waals surface area (Å²) in [5.74, 6) is 0. The highest BCUT2D eigenvalue weighted by atomic mass is 35.5. The Morgan fingerprint density at radius 2 is 2.00 bits per heavy atom. The third kappa shape index (κ3) is 4.48. The van der Waals surface area contributed by atoms with Gasteiger partial charge in [-0.15, -0.1) is 0 Å². The molecule has 0 atom stereocenters. The fourth-order valence-electron chi connectivity index (χ4n) is 2.19. The molecular formula is C14H19Cl2N3O2. The number of amides is 2. The highest BCUT2D eigenvalue weighted by molar-refractivity contribution is 6.43. The van der Waals surface area contributed by atoms with Crippen LogP contribution in [0, 0.1) is 0 Å². The Kier molecular flexibility index (Phi) is 6.11. The Bertz CT molecular complexity index is 491. The first kappa shape index (κ1) is 16.4. The van der Waals surface area contributed by atoms with Gasteiger partial charge < -0.3 is 15.0 Å². The molecule has 1 aromatic rings. The quantitative estimate of drug-likeness (QED) is 0.922. The molecule has 1 aliphatic heterocycles. The number of piperazine rings is 1. The maximum Gasteiger partial charge on any atom is 0.321 e. The first-order valence-electron chi connectivity index (χ1n) is 6.83. The molecule has 1 heterocycles. The summed E-state index contributed by atoms with van der Waals surface area (Å²) in [6.45, 7) is 4.68. The first-order chi connectivity index (χ1) is 10.1. The van der Waals surface area contributed by atoms with Crippen molar-refractivity contribution < 1.29 is 9.53 Å². The van der Waals surface area contributed by atoms with Crippen LogP contribution in [0.2, 0.25) is 10.0 Å². The van der Waals surface area contributed by atoms with Crippen molar-refractivity contribution in [2.24, 2.45) is 0 Å². The molecule has 0 aromatic heterocycles. The summed E-state index contributed by atoms with van der Waals surface area (Å²) >= 11 is 12.0. The average molecular weight is 332 g/mol. The van der Waals surface area contributed by atoms with Gasteiger partial charge in [0.15, 0.2) is 0 Å². The van der Waals surface area contributed by atoms with E-state index in [4.69, 9.17) is 27.9 Å². The summed E-state index contributed by atoms with van der Waals surface area (Å²) < 4.78 is 5.06. The zero-order chi connectivity index (χ0) is 15.2. The van der Waals surface area contributed by atoms with Gasteiger partial charge in [-0.1, -0.05) is 29.3 Å². The van der Waals surface area contributed by atoms with Gasteiger partial charge in [0.2, 0.25) is 0 Å². The Hall–Kier alpha value is -1.01. The van der Waals surface area contributed by atoms with Crippen molar-refractivity contribution in [1.82, 2.24) is 9.80 Å². The van der Waals surface area contributed by atoms with E-state index in [2.05, 4.69) is 10.2 Å². The van der Waals surface area contributed by atoms with Crippen LogP contribution in [-0.4, -0.2) is 62.3 Å². The van der Waals surface area contributed by atoms with Gasteiger partial charge in [-0.25, -0.2) is 4.79 Å². The first-order valence-corrected chi connectivity index (χ1v) is 7.58. The molecule has 0 bridgehead atoms. The SMILES string of the molecule is COCCN1CCN(C(=O)Nc2cccc(Cl)c2Cl)CC1.